The second kappa shape index (κ2) is 3.27. The van der Waals surface area contributed by atoms with Crippen molar-refractivity contribution in [1.82, 2.24) is 10.3 Å². The number of hydrogen-bond acceptors (Lipinski definition) is 3. The summed E-state index contributed by atoms with van der Waals surface area (Å²) in [4.78, 5) is 4.18. The maximum absolute atomic E-state index is 4.97. The molecule has 1 saturated heterocycles. The monoisotopic (exact) mass is 166 g/mol. The molecule has 0 bridgehead atoms. The van der Waals surface area contributed by atoms with Gasteiger partial charge in [-0.05, 0) is 26.3 Å². The zero-order valence-corrected chi connectivity index (χ0v) is 7.29. The van der Waals surface area contributed by atoms with Gasteiger partial charge in [0.25, 0.3) is 0 Å². The molecule has 12 heavy (non-hydrogen) atoms. The van der Waals surface area contributed by atoms with Crippen LogP contribution >= 0.6 is 0 Å². The molecule has 3 nitrogen and oxygen atoms in total. The second-order valence-electron chi connectivity index (χ2n) is 3.49. The minimum atomic E-state index is 0.597. The first-order valence-electron chi connectivity index (χ1n) is 4.47. The Morgan fingerprint density at radius 1 is 1.67 bits per heavy atom. The van der Waals surface area contributed by atoms with Crippen molar-refractivity contribution in [2.75, 3.05) is 6.54 Å². The molecular weight excluding hydrogens is 152 g/mol. The molecule has 3 heteroatoms. The maximum atomic E-state index is 4.97. The highest BCUT2D eigenvalue weighted by Gasteiger charge is 2.21. The van der Waals surface area contributed by atoms with Gasteiger partial charge in [0.1, 0.15) is 6.26 Å². The van der Waals surface area contributed by atoms with E-state index in [0.29, 0.717) is 12.0 Å². The van der Waals surface area contributed by atoms with E-state index in [4.69, 9.17) is 4.42 Å². The van der Waals surface area contributed by atoms with Crippen LogP contribution in [0.25, 0.3) is 0 Å². The molecule has 0 aliphatic carbocycles. The van der Waals surface area contributed by atoms with Crippen LogP contribution in [0.15, 0.2) is 17.1 Å². The van der Waals surface area contributed by atoms with Crippen molar-refractivity contribution < 1.29 is 4.42 Å². The molecular formula is C9H14N2O. The van der Waals surface area contributed by atoms with Gasteiger partial charge in [-0.25, -0.2) is 4.98 Å². The molecule has 0 spiro atoms. The van der Waals surface area contributed by atoms with Crippen molar-refractivity contribution in [2.24, 2.45) is 0 Å². The third-order valence-corrected chi connectivity index (χ3v) is 2.49. The van der Waals surface area contributed by atoms with Gasteiger partial charge >= 0.3 is 0 Å². The van der Waals surface area contributed by atoms with Crippen LogP contribution < -0.4 is 5.32 Å². The average molecular weight is 166 g/mol. The molecule has 2 rings (SSSR count). The molecule has 2 atom stereocenters. The van der Waals surface area contributed by atoms with E-state index in [1.165, 1.54) is 19.2 Å². The van der Waals surface area contributed by atoms with Crippen LogP contribution in [0.1, 0.15) is 31.4 Å². The van der Waals surface area contributed by atoms with E-state index in [2.05, 4.69) is 17.2 Å². The van der Waals surface area contributed by atoms with Gasteiger partial charge in [0, 0.05) is 12.0 Å². The fraction of sp³-hybridized carbons (Fsp3) is 0.667. The predicted octanol–water partition coefficient (Wildman–Crippen LogP) is 1.53. The van der Waals surface area contributed by atoms with Crippen LogP contribution in [-0.2, 0) is 0 Å². The molecule has 2 heterocycles. The third kappa shape index (κ3) is 1.50. The summed E-state index contributed by atoms with van der Waals surface area (Å²) >= 11 is 0. The Morgan fingerprint density at radius 2 is 2.58 bits per heavy atom. The molecule has 1 N–H and O–H groups in total. The normalized spacial score (nSPS) is 30.4. The summed E-state index contributed by atoms with van der Waals surface area (Å²) in [6, 6.07) is 0.612. The van der Waals surface area contributed by atoms with Crippen LogP contribution in [0, 0.1) is 0 Å². The lowest BCUT2D eigenvalue weighted by Crippen LogP contribution is -2.34. The smallest absolute Gasteiger partial charge is 0.180 e. The lowest BCUT2D eigenvalue weighted by Gasteiger charge is -2.26. The van der Waals surface area contributed by atoms with Crippen LogP contribution in [-0.4, -0.2) is 17.6 Å². The maximum Gasteiger partial charge on any atom is 0.180 e. The van der Waals surface area contributed by atoms with Gasteiger partial charge in [-0.1, -0.05) is 0 Å². The quantitative estimate of drug-likeness (QED) is 0.687. The number of rotatable bonds is 1. The Balaban J connectivity index is 2.04. The lowest BCUT2D eigenvalue weighted by atomic mass is 9.91. The summed E-state index contributed by atoms with van der Waals surface area (Å²) in [5.74, 6) is 0.597. The fourth-order valence-corrected chi connectivity index (χ4v) is 1.82. The third-order valence-electron chi connectivity index (χ3n) is 2.49. The predicted molar refractivity (Wildman–Crippen MR) is 45.9 cm³/mol. The van der Waals surface area contributed by atoms with E-state index in [1.807, 2.05) is 0 Å². The van der Waals surface area contributed by atoms with E-state index in [0.717, 1.165) is 12.2 Å². The summed E-state index contributed by atoms with van der Waals surface area (Å²) in [6.07, 6.45) is 5.63. The Hall–Kier alpha value is -0.830. The molecule has 0 saturated carbocycles. The highest BCUT2D eigenvalue weighted by atomic mass is 16.3. The van der Waals surface area contributed by atoms with E-state index >= 15 is 0 Å². The Bertz CT molecular complexity index is 233. The first-order chi connectivity index (χ1) is 5.86. The minimum Gasteiger partial charge on any atom is -0.451 e. The van der Waals surface area contributed by atoms with Crippen molar-refractivity contribution in [3.63, 3.8) is 0 Å². The van der Waals surface area contributed by atoms with Crippen LogP contribution in [0.4, 0.5) is 0 Å². The molecule has 1 aromatic heterocycles. The van der Waals surface area contributed by atoms with Gasteiger partial charge in [0.15, 0.2) is 6.39 Å². The largest absolute Gasteiger partial charge is 0.451 e. The number of nitrogens with zero attached hydrogens (tertiary/aromatic N) is 1. The van der Waals surface area contributed by atoms with Crippen LogP contribution in [0.2, 0.25) is 0 Å². The first-order valence-corrected chi connectivity index (χ1v) is 4.47. The van der Waals surface area contributed by atoms with E-state index < -0.39 is 0 Å². The molecule has 0 radical (unpaired) electrons. The number of aromatic nitrogens is 1. The van der Waals surface area contributed by atoms with Gasteiger partial charge in [-0.15, -0.1) is 0 Å². The highest BCUT2D eigenvalue weighted by molar-refractivity contribution is 5.03. The summed E-state index contributed by atoms with van der Waals surface area (Å²) in [5.41, 5.74) is 1.11. The first kappa shape index (κ1) is 7.80. The molecule has 1 aliphatic heterocycles. The second-order valence-corrected chi connectivity index (χ2v) is 3.49. The van der Waals surface area contributed by atoms with Crippen LogP contribution in [0.3, 0.4) is 0 Å². The Labute approximate surface area is 72.2 Å². The molecule has 66 valence electrons. The van der Waals surface area contributed by atoms with Gasteiger partial charge < -0.3 is 9.73 Å². The Morgan fingerprint density at radius 3 is 3.25 bits per heavy atom. The molecule has 1 aliphatic rings. The van der Waals surface area contributed by atoms with E-state index in [9.17, 15) is 0 Å². The SMILES string of the molecule is CC1CC(c2cocn2)CCN1. The number of hydrogen-bond donors (Lipinski definition) is 1. The summed E-state index contributed by atoms with van der Waals surface area (Å²) in [7, 11) is 0. The minimum absolute atomic E-state index is 0.597. The average Bonchev–Trinajstić information content (AvgIpc) is 2.56. The van der Waals surface area contributed by atoms with Gasteiger partial charge in [0.05, 0.1) is 5.69 Å². The van der Waals surface area contributed by atoms with Gasteiger partial charge in [-0.2, -0.15) is 0 Å². The lowest BCUT2D eigenvalue weighted by molar-refractivity contribution is 0.376. The van der Waals surface area contributed by atoms with Crippen molar-refractivity contribution in [2.45, 2.75) is 31.7 Å². The zero-order valence-electron chi connectivity index (χ0n) is 7.29. The standard InChI is InChI=1S/C9H14N2O/c1-7-4-8(2-3-10-7)9-5-12-6-11-9/h5-8,10H,2-4H2,1H3. The van der Waals surface area contributed by atoms with E-state index in [1.54, 1.807) is 6.26 Å². The Kier molecular flexibility index (Phi) is 2.13. The number of piperidine rings is 1. The number of nitrogens with one attached hydrogen (secondary N) is 1. The van der Waals surface area contributed by atoms with E-state index in [-0.39, 0.29) is 0 Å². The van der Waals surface area contributed by atoms with Gasteiger partial charge in [0.2, 0.25) is 0 Å². The highest BCUT2D eigenvalue weighted by Crippen LogP contribution is 2.25. The molecule has 0 aromatic carbocycles. The summed E-state index contributed by atoms with van der Waals surface area (Å²) in [6.45, 7) is 3.31. The van der Waals surface area contributed by atoms with Crippen LogP contribution in [0.5, 0.6) is 0 Å². The van der Waals surface area contributed by atoms with Crippen molar-refractivity contribution >= 4 is 0 Å². The van der Waals surface area contributed by atoms with Crippen molar-refractivity contribution in [3.05, 3.63) is 18.4 Å². The van der Waals surface area contributed by atoms with Crippen molar-refractivity contribution in [1.29, 1.82) is 0 Å². The zero-order chi connectivity index (χ0) is 8.39. The van der Waals surface area contributed by atoms with Gasteiger partial charge in [-0.3, -0.25) is 0 Å². The van der Waals surface area contributed by atoms with Crippen molar-refractivity contribution in [3.8, 4) is 0 Å². The molecule has 1 aromatic rings. The molecule has 0 amide bonds. The fourth-order valence-electron chi connectivity index (χ4n) is 1.82. The molecule has 2 unspecified atom stereocenters. The molecule has 1 fully saturated rings. The topological polar surface area (TPSA) is 38.1 Å². The summed E-state index contributed by atoms with van der Waals surface area (Å²) < 4.78 is 4.97. The summed E-state index contributed by atoms with van der Waals surface area (Å²) in [5, 5.41) is 3.42. The number of oxazole rings is 1.